The summed E-state index contributed by atoms with van der Waals surface area (Å²) in [5.41, 5.74) is 2.98. The van der Waals surface area contributed by atoms with E-state index in [1.54, 1.807) is 0 Å². The van der Waals surface area contributed by atoms with E-state index in [2.05, 4.69) is 17.4 Å². The highest BCUT2D eigenvalue weighted by atomic mass is 16.2. The summed E-state index contributed by atoms with van der Waals surface area (Å²) in [6.45, 7) is 1.72. The Balaban J connectivity index is 1.87. The first-order valence-corrected chi connectivity index (χ1v) is 7.89. The van der Waals surface area contributed by atoms with Crippen molar-refractivity contribution in [1.29, 1.82) is 0 Å². The van der Waals surface area contributed by atoms with E-state index in [-0.39, 0.29) is 5.91 Å². The molecule has 1 aliphatic rings. The van der Waals surface area contributed by atoms with Gasteiger partial charge in [-0.1, -0.05) is 30.3 Å². The topological polar surface area (TPSA) is 37.3 Å². The van der Waals surface area contributed by atoms with Crippen molar-refractivity contribution in [2.24, 2.45) is 7.05 Å². The molecule has 1 aromatic carbocycles. The van der Waals surface area contributed by atoms with Crippen molar-refractivity contribution in [2.75, 3.05) is 20.1 Å². The van der Waals surface area contributed by atoms with Crippen LogP contribution < -0.4 is 5.32 Å². The number of nitrogens with zero attached hydrogens (tertiary/aromatic N) is 2. The van der Waals surface area contributed by atoms with E-state index in [1.807, 2.05) is 53.9 Å². The summed E-state index contributed by atoms with van der Waals surface area (Å²) in [5.74, 6) is 0.141. The molecule has 2 aromatic rings. The monoisotopic (exact) mass is 297 g/mol. The maximum atomic E-state index is 12.9. The Bertz CT molecular complexity index is 648. The maximum absolute atomic E-state index is 12.9. The lowest BCUT2D eigenvalue weighted by atomic mass is 10.2. The highest BCUT2D eigenvalue weighted by molar-refractivity contribution is 5.94. The lowest BCUT2D eigenvalue weighted by molar-refractivity contribution is 0.0727. The third-order valence-corrected chi connectivity index (χ3v) is 4.49. The zero-order valence-corrected chi connectivity index (χ0v) is 13.2. The van der Waals surface area contributed by atoms with Gasteiger partial charge < -0.3 is 14.8 Å². The zero-order valence-electron chi connectivity index (χ0n) is 13.2. The van der Waals surface area contributed by atoms with Crippen LogP contribution in [-0.4, -0.2) is 41.6 Å². The van der Waals surface area contributed by atoms with Gasteiger partial charge in [0.1, 0.15) is 5.69 Å². The molecule has 1 aromatic heterocycles. The molecule has 1 N–H and O–H groups in total. The molecule has 1 amide bonds. The second-order valence-corrected chi connectivity index (χ2v) is 5.88. The van der Waals surface area contributed by atoms with Crippen molar-refractivity contribution in [3.63, 3.8) is 0 Å². The van der Waals surface area contributed by atoms with Crippen LogP contribution in [0.3, 0.4) is 0 Å². The van der Waals surface area contributed by atoms with E-state index in [0.29, 0.717) is 6.04 Å². The Kier molecular flexibility index (Phi) is 4.29. The SMILES string of the molecule is CNC[C@H]1CCCN1C(=O)c1ccc(-c2ccccc2)n1C. The molecule has 0 bridgehead atoms. The summed E-state index contributed by atoms with van der Waals surface area (Å²) in [5, 5.41) is 3.19. The number of amides is 1. The van der Waals surface area contributed by atoms with E-state index in [0.717, 1.165) is 42.9 Å². The van der Waals surface area contributed by atoms with Crippen LogP contribution in [0, 0.1) is 0 Å². The number of carbonyl (C=O) groups excluding carboxylic acids is 1. The molecule has 0 aliphatic carbocycles. The third kappa shape index (κ3) is 2.66. The molecule has 3 rings (SSSR count). The average Bonchev–Trinajstić information content (AvgIpc) is 3.15. The zero-order chi connectivity index (χ0) is 15.5. The van der Waals surface area contributed by atoms with Crippen LogP contribution in [0.25, 0.3) is 11.3 Å². The Morgan fingerprint density at radius 1 is 1.23 bits per heavy atom. The lowest BCUT2D eigenvalue weighted by Crippen LogP contribution is -2.41. The Morgan fingerprint density at radius 2 is 2.00 bits per heavy atom. The molecule has 1 fully saturated rings. The summed E-state index contributed by atoms with van der Waals surface area (Å²) in [6, 6.07) is 14.5. The fourth-order valence-corrected chi connectivity index (χ4v) is 3.32. The van der Waals surface area contributed by atoms with Crippen LogP contribution in [0.5, 0.6) is 0 Å². The van der Waals surface area contributed by atoms with E-state index in [9.17, 15) is 4.79 Å². The quantitative estimate of drug-likeness (QED) is 0.941. The molecule has 4 heteroatoms. The Hall–Kier alpha value is -2.07. The largest absolute Gasteiger partial charge is 0.340 e. The standard InChI is InChI=1S/C18H23N3O/c1-19-13-15-9-6-12-21(15)18(22)17-11-10-16(20(17)2)14-7-4-3-5-8-14/h3-5,7-8,10-11,15,19H,6,9,12-13H2,1-2H3/t15-/m1/s1. The highest BCUT2D eigenvalue weighted by Gasteiger charge is 2.30. The van der Waals surface area contributed by atoms with Gasteiger partial charge in [0.2, 0.25) is 0 Å². The van der Waals surface area contributed by atoms with Crippen LogP contribution in [0.2, 0.25) is 0 Å². The minimum Gasteiger partial charge on any atom is -0.340 e. The molecule has 1 saturated heterocycles. The first kappa shape index (κ1) is 14.9. The molecule has 0 unspecified atom stereocenters. The number of aromatic nitrogens is 1. The second kappa shape index (κ2) is 6.36. The molecule has 0 saturated carbocycles. The van der Waals surface area contributed by atoms with E-state index < -0.39 is 0 Å². The molecule has 0 radical (unpaired) electrons. The molecular weight excluding hydrogens is 274 g/mol. The summed E-state index contributed by atoms with van der Waals surface area (Å²) in [4.78, 5) is 14.9. The van der Waals surface area contributed by atoms with E-state index in [1.165, 1.54) is 0 Å². The van der Waals surface area contributed by atoms with Gasteiger partial charge in [0.25, 0.3) is 5.91 Å². The summed E-state index contributed by atoms with van der Waals surface area (Å²) >= 11 is 0. The van der Waals surface area contributed by atoms with Gasteiger partial charge in [0, 0.05) is 31.9 Å². The number of nitrogens with one attached hydrogen (secondary N) is 1. The smallest absolute Gasteiger partial charge is 0.270 e. The van der Waals surface area contributed by atoms with E-state index >= 15 is 0 Å². The van der Waals surface area contributed by atoms with Crippen molar-refractivity contribution in [1.82, 2.24) is 14.8 Å². The minimum absolute atomic E-state index is 0.141. The number of rotatable bonds is 4. The summed E-state index contributed by atoms with van der Waals surface area (Å²) < 4.78 is 2.01. The predicted octanol–water partition coefficient (Wildman–Crippen LogP) is 2.52. The number of likely N-dealkylation sites (tertiary alicyclic amines) is 1. The van der Waals surface area contributed by atoms with Gasteiger partial charge in [-0.15, -0.1) is 0 Å². The minimum atomic E-state index is 0.141. The molecule has 4 nitrogen and oxygen atoms in total. The number of benzene rings is 1. The van der Waals surface area contributed by atoms with Gasteiger partial charge in [-0.2, -0.15) is 0 Å². The first-order chi connectivity index (χ1) is 10.7. The molecule has 1 aliphatic heterocycles. The van der Waals surface area contributed by atoms with Crippen molar-refractivity contribution < 1.29 is 4.79 Å². The van der Waals surface area contributed by atoms with Crippen molar-refractivity contribution in [3.8, 4) is 11.3 Å². The third-order valence-electron chi connectivity index (χ3n) is 4.49. The molecular formula is C18H23N3O. The lowest BCUT2D eigenvalue weighted by Gasteiger charge is -2.25. The number of carbonyl (C=O) groups is 1. The first-order valence-electron chi connectivity index (χ1n) is 7.89. The van der Waals surface area contributed by atoms with Crippen LogP contribution in [0.1, 0.15) is 23.3 Å². The number of hydrogen-bond acceptors (Lipinski definition) is 2. The normalized spacial score (nSPS) is 17.9. The van der Waals surface area contributed by atoms with Gasteiger partial charge in [-0.3, -0.25) is 4.79 Å². The predicted molar refractivity (Wildman–Crippen MR) is 88.8 cm³/mol. The highest BCUT2D eigenvalue weighted by Crippen LogP contribution is 2.24. The molecule has 0 spiro atoms. The van der Waals surface area contributed by atoms with Crippen molar-refractivity contribution in [3.05, 3.63) is 48.2 Å². The maximum Gasteiger partial charge on any atom is 0.270 e. The Labute approximate surface area is 131 Å². The second-order valence-electron chi connectivity index (χ2n) is 5.88. The summed E-state index contributed by atoms with van der Waals surface area (Å²) in [7, 11) is 3.91. The number of hydrogen-bond donors (Lipinski definition) is 1. The van der Waals surface area contributed by atoms with Crippen LogP contribution in [-0.2, 0) is 7.05 Å². The van der Waals surface area contributed by atoms with Gasteiger partial charge in [-0.25, -0.2) is 0 Å². The molecule has 1 atom stereocenters. The fraction of sp³-hybridized carbons (Fsp3) is 0.389. The van der Waals surface area contributed by atoms with Gasteiger partial charge >= 0.3 is 0 Å². The van der Waals surface area contributed by atoms with Crippen LogP contribution >= 0.6 is 0 Å². The van der Waals surface area contributed by atoms with Crippen molar-refractivity contribution in [2.45, 2.75) is 18.9 Å². The van der Waals surface area contributed by atoms with E-state index in [4.69, 9.17) is 0 Å². The molecule has 22 heavy (non-hydrogen) atoms. The summed E-state index contributed by atoms with van der Waals surface area (Å²) in [6.07, 6.45) is 2.18. The van der Waals surface area contributed by atoms with Crippen LogP contribution in [0.15, 0.2) is 42.5 Å². The van der Waals surface area contributed by atoms with Gasteiger partial charge in [0.15, 0.2) is 0 Å². The number of likely N-dealkylation sites (N-methyl/N-ethyl adjacent to an activating group) is 1. The average molecular weight is 297 g/mol. The van der Waals surface area contributed by atoms with Crippen LogP contribution in [0.4, 0.5) is 0 Å². The molecule has 2 heterocycles. The van der Waals surface area contributed by atoms with Crippen molar-refractivity contribution >= 4 is 5.91 Å². The van der Waals surface area contributed by atoms with Gasteiger partial charge in [0.05, 0.1) is 0 Å². The van der Waals surface area contributed by atoms with Gasteiger partial charge in [-0.05, 0) is 37.6 Å². The fourth-order valence-electron chi connectivity index (χ4n) is 3.32. The molecule has 116 valence electrons. The Morgan fingerprint density at radius 3 is 2.73 bits per heavy atom.